The molecule has 0 amide bonds. The van der Waals surface area contributed by atoms with Crippen molar-refractivity contribution in [2.24, 2.45) is 0 Å². The van der Waals surface area contributed by atoms with Crippen LogP contribution in [-0.2, 0) is 9.59 Å². The van der Waals surface area contributed by atoms with Crippen molar-refractivity contribution < 1.29 is 9.59 Å². The van der Waals surface area contributed by atoms with Gasteiger partial charge in [0.1, 0.15) is 0 Å². The summed E-state index contributed by atoms with van der Waals surface area (Å²) in [5.74, 6) is 0.295. The fraction of sp³-hybridized carbons (Fsp3) is 0.700. The molecule has 0 N–H and O–H groups in total. The molecule has 3 heteroatoms. The summed E-state index contributed by atoms with van der Waals surface area (Å²) in [6.45, 7) is 10.3. The van der Waals surface area contributed by atoms with Gasteiger partial charge in [-0.05, 0) is 0 Å². The molecule has 0 aromatic rings. The maximum atomic E-state index is 13.0. The van der Waals surface area contributed by atoms with Crippen molar-refractivity contribution in [3.05, 3.63) is 20.8 Å². The monoisotopic (exact) mass is 426 g/mol. The van der Waals surface area contributed by atoms with Gasteiger partial charge in [0.25, 0.3) is 0 Å². The molecule has 2 nitrogen and oxygen atoms in total. The van der Waals surface area contributed by atoms with E-state index in [1.54, 1.807) is 13.0 Å². The molecule has 0 saturated carbocycles. The Hall–Kier alpha value is -0.381. The molecule has 0 unspecified atom stereocenters. The summed E-state index contributed by atoms with van der Waals surface area (Å²) in [7, 11) is 0. The Morgan fingerprint density at radius 2 is 1.22 bits per heavy atom. The van der Waals surface area contributed by atoms with Crippen molar-refractivity contribution in [1.82, 2.24) is 0 Å². The van der Waals surface area contributed by atoms with Gasteiger partial charge in [0.15, 0.2) is 0 Å². The molecule has 0 heterocycles. The van der Waals surface area contributed by atoms with Gasteiger partial charge in [0.05, 0.1) is 0 Å². The third-order valence-corrected chi connectivity index (χ3v) is 20.9. The third-order valence-electron chi connectivity index (χ3n) is 5.39. The average molecular weight is 425 g/mol. The van der Waals surface area contributed by atoms with Crippen LogP contribution in [0.3, 0.4) is 0 Å². The van der Waals surface area contributed by atoms with E-state index < -0.39 is 18.4 Å². The van der Waals surface area contributed by atoms with Crippen molar-refractivity contribution in [3.63, 3.8) is 0 Å². The van der Waals surface area contributed by atoms with Gasteiger partial charge < -0.3 is 0 Å². The van der Waals surface area contributed by atoms with Crippen LogP contribution in [0, 0.1) is 0 Å². The number of unbranched alkanes of at least 4 members (excludes halogenated alkanes) is 3. The third kappa shape index (κ3) is 5.04. The van der Waals surface area contributed by atoms with Crippen LogP contribution in [0.4, 0.5) is 0 Å². The van der Waals surface area contributed by atoms with Crippen molar-refractivity contribution in [1.29, 1.82) is 0 Å². The van der Waals surface area contributed by atoms with E-state index in [2.05, 4.69) is 20.8 Å². The molecule has 130 valence electrons. The van der Waals surface area contributed by atoms with Gasteiger partial charge >= 0.3 is 147 Å². The van der Waals surface area contributed by atoms with Crippen molar-refractivity contribution in [2.75, 3.05) is 0 Å². The fourth-order valence-electron chi connectivity index (χ4n) is 3.58. The zero-order valence-electron chi connectivity index (χ0n) is 15.8. The minimum atomic E-state index is -2.79. The molecule has 0 aromatic heterocycles. The molecule has 0 aromatic carbocycles. The van der Waals surface area contributed by atoms with E-state index in [1.807, 2.05) is 6.92 Å². The molecule has 0 spiro atoms. The standard InChI is InChI=1S/C8H7O2.3C4H9.Sn/c1-5-6(2)8(10)4-3-7(5)9;3*1-3-4-2;/h3H,1-2H3;3*1,3-4H2,2H3;. The first-order valence-corrected chi connectivity index (χ1v) is 16.9. The van der Waals surface area contributed by atoms with E-state index >= 15 is 0 Å². The predicted octanol–water partition coefficient (Wildman–Crippen LogP) is 5.79. The second-order valence-corrected chi connectivity index (χ2v) is 20.2. The van der Waals surface area contributed by atoms with Crippen molar-refractivity contribution >= 4 is 29.9 Å². The minimum absolute atomic E-state index is 0.0858. The van der Waals surface area contributed by atoms with Crippen molar-refractivity contribution in [2.45, 2.75) is 86.5 Å². The normalized spacial score (nSPS) is 16.1. The molecular weight excluding hydrogens is 391 g/mol. The summed E-state index contributed by atoms with van der Waals surface area (Å²) in [4.78, 5) is 25.4. The van der Waals surface area contributed by atoms with Crippen LogP contribution in [0.5, 0.6) is 0 Å². The fourth-order valence-corrected chi connectivity index (χ4v) is 20.0. The SMILES string of the molecule is CCC[CH2][Sn]([CH2]CCC)([CH2]CCC)[C]1=CC(=O)C(C)=C(C)C1=O. The molecule has 1 rings (SSSR count). The molecule has 0 saturated heterocycles. The van der Waals surface area contributed by atoms with E-state index in [9.17, 15) is 9.59 Å². The topological polar surface area (TPSA) is 34.1 Å². The molecule has 0 bridgehead atoms. The van der Waals surface area contributed by atoms with E-state index in [4.69, 9.17) is 0 Å². The molecule has 23 heavy (non-hydrogen) atoms. The van der Waals surface area contributed by atoms with Gasteiger partial charge in [-0.3, -0.25) is 0 Å². The van der Waals surface area contributed by atoms with Crippen LogP contribution in [0.25, 0.3) is 0 Å². The first-order valence-electron chi connectivity index (χ1n) is 9.42. The van der Waals surface area contributed by atoms with Crippen LogP contribution < -0.4 is 0 Å². The van der Waals surface area contributed by atoms with Gasteiger partial charge in [0.2, 0.25) is 0 Å². The van der Waals surface area contributed by atoms with Gasteiger partial charge in [-0.1, -0.05) is 0 Å². The Balaban J connectivity index is 3.26. The maximum absolute atomic E-state index is 13.0. The summed E-state index contributed by atoms with van der Waals surface area (Å²) < 4.78 is 4.73. The summed E-state index contributed by atoms with van der Waals surface area (Å²) in [5.41, 5.74) is 1.36. The Kier molecular flexibility index (Phi) is 8.81. The molecular formula is C20H34O2Sn. The number of carbonyl (C=O) groups excluding carboxylic acids is 2. The number of carbonyl (C=O) groups is 2. The van der Waals surface area contributed by atoms with Crippen LogP contribution in [0.2, 0.25) is 13.3 Å². The predicted molar refractivity (Wildman–Crippen MR) is 101 cm³/mol. The molecule has 1 aliphatic rings. The molecule has 0 atom stereocenters. The number of rotatable bonds is 10. The zero-order chi connectivity index (χ0) is 17.5. The Bertz CT molecular complexity index is 478. The first-order chi connectivity index (χ1) is 10.9. The second-order valence-electron chi connectivity index (χ2n) is 7.09. The zero-order valence-corrected chi connectivity index (χ0v) is 18.6. The van der Waals surface area contributed by atoms with E-state index in [-0.39, 0.29) is 11.6 Å². The number of hydrogen-bond donors (Lipinski definition) is 0. The number of allylic oxidation sites excluding steroid dienone is 4. The second kappa shape index (κ2) is 9.80. The van der Waals surface area contributed by atoms with E-state index in [0.29, 0.717) is 11.1 Å². The van der Waals surface area contributed by atoms with Gasteiger partial charge in [0, 0.05) is 0 Å². The molecule has 0 fully saturated rings. The Morgan fingerprint density at radius 3 is 1.61 bits per heavy atom. The Labute approximate surface area is 146 Å². The van der Waals surface area contributed by atoms with Crippen LogP contribution in [-0.4, -0.2) is 29.9 Å². The van der Waals surface area contributed by atoms with Crippen LogP contribution in [0.1, 0.15) is 73.1 Å². The number of Topliss-reactive ketones (excluding diaryl/α,β-unsaturated/α-hetero) is 1. The van der Waals surface area contributed by atoms with Gasteiger partial charge in [-0.15, -0.1) is 0 Å². The molecule has 0 radical (unpaired) electrons. The molecule has 0 aliphatic heterocycles. The van der Waals surface area contributed by atoms with Crippen LogP contribution >= 0.6 is 0 Å². The Morgan fingerprint density at radius 1 is 0.783 bits per heavy atom. The average Bonchev–Trinajstić information content (AvgIpc) is 2.56. The summed E-state index contributed by atoms with van der Waals surface area (Å²) >= 11 is -2.79. The summed E-state index contributed by atoms with van der Waals surface area (Å²) in [5, 5.41) is 0. The van der Waals surface area contributed by atoms with Crippen molar-refractivity contribution in [3.8, 4) is 0 Å². The van der Waals surface area contributed by atoms with Gasteiger partial charge in [-0.2, -0.15) is 0 Å². The quantitative estimate of drug-likeness (QED) is 0.328. The first kappa shape index (κ1) is 20.7. The summed E-state index contributed by atoms with van der Waals surface area (Å²) in [6.07, 6.45) is 8.94. The number of hydrogen-bond acceptors (Lipinski definition) is 2. The van der Waals surface area contributed by atoms with E-state index in [1.165, 1.54) is 51.8 Å². The van der Waals surface area contributed by atoms with E-state index in [0.717, 1.165) is 3.59 Å². The van der Waals surface area contributed by atoms with Crippen LogP contribution in [0.15, 0.2) is 20.8 Å². The molecule has 1 aliphatic carbocycles. The number of ketones is 2. The van der Waals surface area contributed by atoms with Gasteiger partial charge in [-0.25, -0.2) is 0 Å². The summed E-state index contributed by atoms with van der Waals surface area (Å²) in [6, 6.07) is 0.